The van der Waals surface area contributed by atoms with Gasteiger partial charge in [-0.05, 0) is 62.2 Å². The van der Waals surface area contributed by atoms with Crippen molar-refractivity contribution in [1.82, 2.24) is 4.72 Å². The minimum Gasteiger partial charge on any atom is -0.322 e. The monoisotopic (exact) mass is 434 g/mol. The van der Waals surface area contributed by atoms with Crippen molar-refractivity contribution in [1.29, 1.82) is 0 Å². The molecule has 0 saturated carbocycles. The average Bonchev–Trinajstić information content (AvgIpc) is 2.72. The largest absolute Gasteiger partial charge is 0.322 e. The summed E-state index contributed by atoms with van der Waals surface area (Å²) in [6, 6.07) is 25.1. The Labute approximate surface area is 183 Å². The molecule has 3 rings (SSSR count). The second-order valence-electron chi connectivity index (χ2n) is 8.17. The van der Waals surface area contributed by atoms with Gasteiger partial charge < -0.3 is 5.32 Å². The smallest absolute Gasteiger partial charge is 0.256 e. The lowest BCUT2D eigenvalue weighted by molar-refractivity contribution is -0.111. The number of carbonyl (C=O) groups is 1. The molecule has 0 heterocycles. The van der Waals surface area contributed by atoms with Crippen LogP contribution in [0.25, 0.3) is 11.6 Å². The number of benzene rings is 3. The molecule has 1 amide bonds. The highest BCUT2D eigenvalue weighted by Gasteiger charge is 2.22. The van der Waals surface area contributed by atoms with Crippen molar-refractivity contribution < 1.29 is 13.2 Å². The molecule has 0 fully saturated rings. The lowest BCUT2D eigenvalue weighted by Gasteiger charge is -2.20. The molecule has 160 valence electrons. The standard InChI is InChI=1S/C25H26N2O3S/c1-25(2,3)27-31(29,30)22-16-14-21(15-17-22)26-24(28)23(20-12-8-5-9-13-20)18-19-10-6-4-7-11-19/h4-18,27H,1-3H3,(H,26,28)/b23-18+. The van der Waals surface area contributed by atoms with Crippen molar-refractivity contribution in [3.05, 3.63) is 96.1 Å². The molecule has 3 aromatic carbocycles. The first-order valence-electron chi connectivity index (χ1n) is 9.92. The topological polar surface area (TPSA) is 75.3 Å². The van der Waals surface area contributed by atoms with Crippen LogP contribution in [0.3, 0.4) is 0 Å². The maximum atomic E-state index is 13.1. The van der Waals surface area contributed by atoms with Gasteiger partial charge in [0.05, 0.1) is 4.90 Å². The summed E-state index contributed by atoms with van der Waals surface area (Å²) in [4.78, 5) is 13.2. The highest BCUT2D eigenvalue weighted by Crippen LogP contribution is 2.22. The summed E-state index contributed by atoms with van der Waals surface area (Å²) in [6.07, 6.45) is 1.83. The summed E-state index contributed by atoms with van der Waals surface area (Å²) in [5.74, 6) is -0.279. The van der Waals surface area contributed by atoms with Gasteiger partial charge >= 0.3 is 0 Å². The third kappa shape index (κ3) is 6.38. The third-order valence-corrected chi connectivity index (χ3v) is 6.08. The molecule has 0 spiro atoms. The van der Waals surface area contributed by atoms with Gasteiger partial charge in [-0.1, -0.05) is 60.7 Å². The Hall–Kier alpha value is -3.22. The van der Waals surface area contributed by atoms with Gasteiger partial charge in [-0.2, -0.15) is 0 Å². The van der Waals surface area contributed by atoms with E-state index in [9.17, 15) is 13.2 Å². The molecule has 0 unspecified atom stereocenters. The Morgan fingerprint density at radius 2 is 1.35 bits per heavy atom. The zero-order valence-electron chi connectivity index (χ0n) is 17.8. The molecule has 0 radical (unpaired) electrons. The van der Waals surface area contributed by atoms with E-state index in [1.54, 1.807) is 32.9 Å². The van der Waals surface area contributed by atoms with E-state index in [1.807, 2.05) is 66.7 Å². The normalized spacial score (nSPS) is 12.4. The summed E-state index contributed by atoms with van der Waals surface area (Å²) in [7, 11) is -3.64. The first kappa shape index (κ1) is 22.5. The predicted octanol–water partition coefficient (Wildman–Crippen LogP) is 4.94. The van der Waals surface area contributed by atoms with E-state index < -0.39 is 15.6 Å². The second kappa shape index (κ2) is 9.29. The van der Waals surface area contributed by atoms with Crippen LogP contribution in [0.1, 0.15) is 31.9 Å². The number of amides is 1. The number of anilines is 1. The van der Waals surface area contributed by atoms with Gasteiger partial charge in [0.1, 0.15) is 0 Å². The predicted molar refractivity (Wildman–Crippen MR) is 126 cm³/mol. The molecule has 0 bridgehead atoms. The molecule has 0 atom stereocenters. The molecule has 3 aromatic rings. The van der Waals surface area contributed by atoms with Crippen LogP contribution in [0.5, 0.6) is 0 Å². The van der Waals surface area contributed by atoms with E-state index >= 15 is 0 Å². The molecule has 0 aromatic heterocycles. The van der Waals surface area contributed by atoms with Crippen molar-refractivity contribution in [2.75, 3.05) is 5.32 Å². The number of hydrogen-bond acceptors (Lipinski definition) is 3. The van der Waals surface area contributed by atoms with Gasteiger partial charge in [-0.15, -0.1) is 0 Å². The summed E-state index contributed by atoms with van der Waals surface area (Å²) >= 11 is 0. The van der Waals surface area contributed by atoms with Crippen LogP contribution in [0.2, 0.25) is 0 Å². The fraction of sp³-hybridized carbons (Fsp3) is 0.160. The quantitative estimate of drug-likeness (QED) is 0.426. The molecule has 0 aliphatic rings. The molecule has 31 heavy (non-hydrogen) atoms. The van der Waals surface area contributed by atoms with Crippen molar-refractivity contribution in [2.24, 2.45) is 0 Å². The molecule has 5 nitrogen and oxygen atoms in total. The van der Waals surface area contributed by atoms with Gasteiger partial charge in [0.25, 0.3) is 5.91 Å². The number of rotatable bonds is 6. The van der Waals surface area contributed by atoms with Crippen LogP contribution in [0.4, 0.5) is 5.69 Å². The first-order chi connectivity index (χ1) is 14.6. The number of carbonyl (C=O) groups excluding carboxylic acids is 1. The van der Waals surface area contributed by atoms with Crippen molar-refractivity contribution in [3.8, 4) is 0 Å². The van der Waals surface area contributed by atoms with E-state index in [-0.39, 0.29) is 10.8 Å². The third-order valence-electron chi connectivity index (χ3n) is 4.30. The van der Waals surface area contributed by atoms with Crippen LogP contribution < -0.4 is 10.0 Å². The zero-order valence-corrected chi connectivity index (χ0v) is 18.6. The highest BCUT2D eigenvalue weighted by molar-refractivity contribution is 7.89. The minimum atomic E-state index is -3.64. The van der Waals surface area contributed by atoms with Gasteiger partial charge in [0.15, 0.2) is 0 Å². The molecule has 6 heteroatoms. The lowest BCUT2D eigenvalue weighted by atomic mass is 10.0. The summed E-state index contributed by atoms with van der Waals surface area (Å²) in [6.45, 7) is 5.34. The summed E-state index contributed by atoms with van der Waals surface area (Å²) in [5.41, 5.74) is 2.13. The van der Waals surface area contributed by atoms with E-state index in [0.29, 0.717) is 11.3 Å². The van der Waals surface area contributed by atoms with Crippen LogP contribution in [-0.2, 0) is 14.8 Å². The summed E-state index contributed by atoms with van der Waals surface area (Å²) in [5, 5.41) is 2.87. The Kier molecular flexibility index (Phi) is 6.73. The van der Waals surface area contributed by atoms with Crippen molar-refractivity contribution >= 4 is 33.3 Å². The number of hydrogen-bond donors (Lipinski definition) is 2. The second-order valence-corrected chi connectivity index (χ2v) is 9.85. The molecule has 0 saturated heterocycles. The Bertz CT molecular complexity index is 1160. The van der Waals surface area contributed by atoms with E-state index in [4.69, 9.17) is 0 Å². The van der Waals surface area contributed by atoms with Gasteiger partial charge in [0, 0.05) is 16.8 Å². The van der Waals surface area contributed by atoms with Gasteiger partial charge in [-0.3, -0.25) is 4.79 Å². The van der Waals surface area contributed by atoms with E-state index in [0.717, 1.165) is 11.1 Å². The Balaban J connectivity index is 1.85. The molecule has 0 aliphatic heterocycles. The lowest BCUT2D eigenvalue weighted by Crippen LogP contribution is -2.40. The minimum absolute atomic E-state index is 0.142. The molecule has 2 N–H and O–H groups in total. The van der Waals surface area contributed by atoms with Crippen molar-refractivity contribution in [3.63, 3.8) is 0 Å². The Morgan fingerprint density at radius 1 is 0.806 bits per heavy atom. The average molecular weight is 435 g/mol. The van der Waals surface area contributed by atoms with Crippen molar-refractivity contribution in [2.45, 2.75) is 31.2 Å². The number of nitrogens with one attached hydrogen (secondary N) is 2. The zero-order chi connectivity index (χ0) is 22.5. The Morgan fingerprint density at radius 3 is 1.90 bits per heavy atom. The summed E-state index contributed by atoms with van der Waals surface area (Å²) < 4.78 is 27.6. The van der Waals surface area contributed by atoms with Crippen LogP contribution >= 0.6 is 0 Å². The molecule has 0 aliphatic carbocycles. The maximum absolute atomic E-state index is 13.1. The van der Waals surface area contributed by atoms with E-state index in [2.05, 4.69) is 10.0 Å². The van der Waals surface area contributed by atoms with Crippen LogP contribution in [0, 0.1) is 0 Å². The number of sulfonamides is 1. The molecular formula is C25H26N2O3S. The first-order valence-corrected chi connectivity index (χ1v) is 11.4. The highest BCUT2D eigenvalue weighted by atomic mass is 32.2. The fourth-order valence-electron chi connectivity index (χ4n) is 2.99. The van der Waals surface area contributed by atoms with E-state index in [1.165, 1.54) is 12.1 Å². The fourth-order valence-corrected chi connectivity index (χ4v) is 4.41. The van der Waals surface area contributed by atoms with Gasteiger partial charge in [0.2, 0.25) is 10.0 Å². The molecular weight excluding hydrogens is 408 g/mol. The van der Waals surface area contributed by atoms with Crippen LogP contribution in [-0.4, -0.2) is 19.9 Å². The van der Waals surface area contributed by atoms with Gasteiger partial charge in [-0.25, -0.2) is 13.1 Å². The SMILES string of the molecule is CC(C)(C)NS(=O)(=O)c1ccc(NC(=O)/C(=C/c2ccccc2)c2ccccc2)cc1. The van der Waals surface area contributed by atoms with Crippen LogP contribution in [0.15, 0.2) is 89.8 Å². The maximum Gasteiger partial charge on any atom is 0.256 e.